The van der Waals surface area contributed by atoms with Crippen LogP contribution in [0, 0.1) is 12.7 Å². The van der Waals surface area contributed by atoms with Crippen LogP contribution in [-0.2, 0) is 10.0 Å². The van der Waals surface area contributed by atoms with Crippen molar-refractivity contribution in [3.8, 4) is 0 Å². The van der Waals surface area contributed by atoms with E-state index in [1.54, 1.807) is 18.3 Å². The van der Waals surface area contributed by atoms with E-state index in [1.165, 1.54) is 30.3 Å². The minimum absolute atomic E-state index is 0.0557. The number of anilines is 2. The molecule has 0 aliphatic carbocycles. The highest BCUT2D eigenvalue weighted by Gasteiger charge is 2.21. The molecule has 1 heterocycles. The predicted octanol–water partition coefficient (Wildman–Crippen LogP) is 4.24. The van der Waals surface area contributed by atoms with Gasteiger partial charge in [-0.1, -0.05) is 11.6 Å². The Kier molecular flexibility index (Phi) is 5.62. The fourth-order valence-corrected chi connectivity index (χ4v) is 3.96. The van der Waals surface area contributed by atoms with Crippen LogP contribution in [-0.4, -0.2) is 19.3 Å². The molecule has 0 radical (unpaired) electrons. The molecule has 0 saturated carbocycles. The Morgan fingerprint density at radius 1 is 1.07 bits per heavy atom. The van der Waals surface area contributed by atoms with Gasteiger partial charge in [-0.2, -0.15) is 0 Å². The summed E-state index contributed by atoms with van der Waals surface area (Å²) in [6.45, 7) is 1.85. The molecule has 1 aromatic heterocycles. The van der Waals surface area contributed by atoms with Crippen molar-refractivity contribution in [3.05, 3.63) is 82.8 Å². The van der Waals surface area contributed by atoms with Crippen LogP contribution in [0.2, 0.25) is 5.02 Å². The number of carbonyl (C=O) groups excluding carboxylic acids is 1. The van der Waals surface area contributed by atoms with Crippen LogP contribution < -0.4 is 10.0 Å². The average molecular weight is 420 g/mol. The second-order valence-corrected chi connectivity index (χ2v) is 7.99. The number of hydrogen-bond acceptors (Lipinski definition) is 4. The van der Waals surface area contributed by atoms with E-state index in [1.807, 2.05) is 6.92 Å². The van der Waals surface area contributed by atoms with Crippen LogP contribution >= 0.6 is 11.6 Å². The molecule has 6 nitrogen and oxygen atoms in total. The van der Waals surface area contributed by atoms with Crippen molar-refractivity contribution in [2.24, 2.45) is 0 Å². The average Bonchev–Trinajstić information content (AvgIpc) is 2.63. The van der Waals surface area contributed by atoms with Gasteiger partial charge in [0.25, 0.3) is 15.9 Å². The summed E-state index contributed by atoms with van der Waals surface area (Å²) >= 11 is 6.03. The minimum atomic E-state index is -4.09. The quantitative estimate of drug-likeness (QED) is 0.647. The summed E-state index contributed by atoms with van der Waals surface area (Å²) in [5, 5.41) is 2.55. The van der Waals surface area contributed by atoms with Crippen LogP contribution in [0.3, 0.4) is 0 Å². The van der Waals surface area contributed by atoms with E-state index >= 15 is 0 Å². The summed E-state index contributed by atoms with van der Waals surface area (Å²) in [4.78, 5) is 16.2. The topological polar surface area (TPSA) is 88.2 Å². The number of rotatable bonds is 5. The van der Waals surface area contributed by atoms with E-state index in [4.69, 9.17) is 11.6 Å². The molecule has 3 aromatic rings. The lowest BCUT2D eigenvalue weighted by Gasteiger charge is -2.11. The van der Waals surface area contributed by atoms with Crippen LogP contribution in [0.15, 0.2) is 65.7 Å². The summed E-state index contributed by atoms with van der Waals surface area (Å²) in [7, 11) is -4.09. The zero-order chi connectivity index (χ0) is 20.3. The largest absolute Gasteiger partial charge is 0.307 e. The lowest BCUT2D eigenvalue weighted by Crippen LogP contribution is -2.17. The van der Waals surface area contributed by atoms with Crippen LogP contribution in [0.1, 0.15) is 15.9 Å². The van der Waals surface area contributed by atoms with Gasteiger partial charge in [0.15, 0.2) is 0 Å². The van der Waals surface area contributed by atoms with Gasteiger partial charge in [-0.3, -0.25) is 9.52 Å². The number of benzene rings is 2. The maximum atomic E-state index is 13.0. The number of hydrogen-bond donors (Lipinski definition) is 2. The van der Waals surface area contributed by atoms with Crippen LogP contribution in [0.25, 0.3) is 0 Å². The Hall–Kier alpha value is -2.97. The first-order valence-electron chi connectivity index (χ1n) is 8.06. The highest BCUT2D eigenvalue weighted by molar-refractivity contribution is 7.92. The zero-order valence-corrected chi connectivity index (χ0v) is 16.2. The van der Waals surface area contributed by atoms with Gasteiger partial charge in [-0.25, -0.2) is 17.8 Å². The molecule has 1 amide bonds. The van der Waals surface area contributed by atoms with Gasteiger partial charge in [-0.05, 0) is 67.1 Å². The molecule has 0 aliphatic rings. The molecule has 0 fully saturated rings. The number of carbonyl (C=O) groups is 1. The monoisotopic (exact) mass is 419 g/mol. The van der Waals surface area contributed by atoms with Gasteiger partial charge in [0, 0.05) is 17.4 Å². The Morgan fingerprint density at radius 3 is 2.46 bits per heavy atom. The number of pyridine rings is 1. The maximum absolute atomic E-state index is 13.0. The number of nitrogens with one attached hydrogen (secondary N) is 2. The van der Waals surface area contributed by atoms with Crippen LogP contribution in [0.5, 0.6) is 0 Å². The van der Waals surface area contributed by atoms with Crippen molar-refractivity contribution in [2.45, 2.75) is 11.8 Å². The molecule has 2 N–H and O–H groups in total. The molecule has 2 aromatic carbocycles. The van der Waals surface area contributed by atoms with Gasteiger partial charge in [0.2, 0.25) is 0 Å². The molecular weight excluding hydrogens is 405 g/mol. The number of sulfonamides is 1. The molecule has 144 valence electrons. The third kappa shape index (κ3) is 4.65. The number of aryl methyl sites for hydroxylation is 1. The normalized spacial score (nSPS) is 11.1. The highest BCUT2D eigenvalue weighted by atomic mass is 35.5. The third-order valence-electron chi connectivity index (χ3n) is 3.74. The summed E-state index contributed by atoms with van der Waals surface area (Å²) in [6.07, 6.45) is 1.55. The van der Waals surface area contributed by atoms with Gasteiger partial charge in [-0.15, -0.1) is 0 Å². The van der Waals surface area contributed by atoms with Crippen molar-refractivity contribution in [2.75, 3.05) is 10.0 Å². The first-order valence-corrected chi connectivity index (χ1v) is 9.93. The Balaban J connectivity index is 1.87. The maximum Gasteiger partial charge on any atom is 0.263 e. The molecular formula is C19H15ClFN3O3S. The first kappa shape index (κ1) is 19.8. The molecule has 0 unspecified atom stereocenters. The van der Waals surface area contributed by atoms with Gasteiger partial charge >= 0.3 is 0 Å². The number of halogens is 2. The van der Waals surface area contributed by atoms with E-state index in [-0.39, 0.29) is 21.2 Å². The lowest BCUT2D eigenvalue weighted by atomic mass is 10.2. The minimum Gasteiger partial charge on any atom is -0.307 e. The summed E-state index contributed by atoms with van der Waals surface area (Å²) in [5.41, 5.74) is 1.16. The molecule has 0 atom stereocenters. The molecule has 3 rings (SSSR count). The summed E-state index contributed by atoms with van der Waals surface area (Å²) in [5.74, 6) is -0.689. The fraction of sp³-hybridized carbons (Fsp3) is 0.0526. The fourth-order valence-electron chi connectivity index (χ4n) is 2.37. The highest BCUT2D eigenvalue weighted by Crippen LogP contribution is 2.25. The Bertz CT molecular complexity index is 1140. The second-order valence-electron chi connectivity index (χ2n) is 5.93. The molecule has 0 spiro atoms. The molecule has 9 heteroatoms. The standard InChI is InChI=1S/C19H15ClFN3O3S/c1-12-8-9-22-18(10-12)23-19(25)13-2-7-16(20)17(11-13)28(26,27)24-15-5-3-14(21)4-6-15/h2-11,24H,1H3,(H,22,23,25). The zero-order valence-electron chi connectivity index (χ0n) is 14.6. The molecule has 0 aliphatic heterocycles. The molecule has 28 heavy (non-hydrogen) atoms. The van der Waals surface area contributed by atoms with E-state index in [0.29, 0.717) is 5.82 Å². The van der Waals surface area contributed by atoms with Gasteiger partial charge in [0.05, 0.1) is 5.02 Å². The van der Waals surface area contributed by atoms with Crippen molar-refractivity contribution in [1.29, 1.82) is 0 Å². The third-order valence-corrected chi connectivity index (χ3v) is 5.60. The van der Waals surface area contributed by atoms with E-state index < -0.39 is 21.7 Å². The first-order chi connectivity index (χ1) is 13.2. The van der Waals surface area contributed by atoms with Crippen molar-refractivity contribution in [3.63, 3.8) is 0 Å². The van der Waals surface area contributed by atoms with Gasteiger partial charge in [0.1, 0.15) is 16.5 Å². The number of aromatic nitrogens is 1. The Morgan fingerprint density at radius 2 is 1.79 bits per heavy atom. The summed E-state index contributed by atoms with van der Waals surface area (Å²) in [6, 6.07) is 12.2. The number of amides is 1. The SMILES string of the molecule is Cc1ccnc(NC(=O)c2ccc(Cl)c(S(=O)(=O)Nc3ccc(F)cc3)c2)c1. The van der Waals surface area contributed by atoms with Crippen molar-refractivity contribution < 1.29 is 17.6 Å². The smallest absolute Gasteiger partial charge is 0.263 e. The molecule has 0 saturated heterocycles. The van der Waals surface area contributed by atoms with E-state index in [9.17, 15) is 17.6 Å². The van der Waals surface area contributed by atoms with Crippen LogP contribution in [0.4, 0.5) is 15.9 Å². The van der Waals surface area contributed by atoms with E-state index in [2.05, 4.69) is 15.0 Å². The lowest BCUT2D eigenvalue weighted by molar-refractivity contribution is 0.102. The van der Waals surface area contributed by atoms with Crippen molar-refractivity contribution >= 4 is 39.0 Å². The number of nitrogens with zero attached hydrogens (tertiary/aromatic N) is 1. The molecule has 0 bridgehead atoms. The van der Waals surface area contributed by atoms with E-state index in [0.717, 1.165) is 17.7 Å². The van der Waals surface area contributed by atoms with Gasteiger partial charge < -0.3 is 5.32 Å². The van der Waals surface area contributed by atoms with Crippen molar-refractivity contribution in [1.82, 2.24) is 4.98 Å². The summed E-state index contributed by atoms with van der Waals surface area (Å²) < 4.78 is 40.6. The Labute approximate surface area is 166 Å². The second kappa shape index (κ2) is 7.95. The predicted molar refractivity (Wildman–Crippen MR) is 106 cm³/mol.